The summed E-state index contributed by atoms with van der Waals surface area (Å²) in [4.78, 5) is 17.3. The van der Waals surface area contributed by atoms with Crippen LogP contribution in [0.5, 0.6) is 0 Å². The molecule has 0 saturated heterocycles. The zero-order valence-electron chi connectivity index (χ0n) is 17.0. The maximum atomic E-state index is 12.8. The Hall–Kier alpha value is -3.59. The summed E-state index contributed by atoms with van der Waals surface area (Å²) in [6.45, 7) is 4.31. The molecule has 1 atom stereocenters. The predicted octanol–water partition coefficient (Wildman–Crippen LogP) is 3.46. The Morgan fingerprint density at radius 1 is 1.26 bits per heavy atom. The van der Waals surface area contributed by atoms with Crippen LogP contribution >= 0.6 is 11.8 Å². The van der Waals surface area contributed by atoms with Gasteiger partial charge in [-0.1, -0.05) is 48.2 Å². The molecule has 1 N–H and O–H groups in total. The molecule has 4 aromatic rings. The fraction of sp³-hybridized carbons (Fsp3) is 0.182. The number of thioether (sulfide) groups is 1. The topological polar surface area (TPSA) is 90.8 Å². The van der Waals surface area contributed by atoms with Gasteiger partial charge in [-0.2, -0.15) is 0 Å². The predicted molar refractivity (Wildman–Crippen MR) is 118 cm³/mol. The Labute approximate surface area is 184 Å². The maximum absolute atomic E-state index is 12.8. The number of rotatable bonds is 9. The molecule has 0 saturated carbocycles. The molecule has 0 radical (unpaired) electrons. The van der Waals surface area contributed by atoms with Crippen molar-refractivity contribution >= 4 is 17.7 Å². The molecule has 0 spiro atoms. The molecule has 1 amide bonds. The number of allylic oxidation sites excluding steroid dienone is 1. The Morgan fingerprint density at radius 3 is 2.77 bits per heavy atom. The molecule has 158 valence electrons. The van der Waals surface area contributed by atoms with E-state index in [-0.39, 0.29) is 17.7 Å². The molecule has 0 aliphatic rings. The molecule has 0 aliphatic carbocycles. The van der Waals surface area contributed by atoms with Crippen molar-refractivity contribution < 1.29 is 9.21 Å². The molecule has 0 unspecified atom stereocenters. The lowest BCUT2D eigenvalue weighted by molar-refractivity contribution is -0.119. The van der Waals surface area contributed by atoms with Crippen LogP contribution in [0.2, 0.25) is 0 Å². The summed E-state index contributed by atoms with van der Waals surface area (Å²) in [5.74, 6) is 2.03. The van der Waals surface area contributed by atoms with Gasteiger partial charge in [0.15, 0.2) is 10.9 Å². The number of hydrogen-bond acceptors (Lipinski definition) is 6. The molecule has 0 bridgehead atoms. The van der Waals surface area contributed by atoms with E-state index in [4.69, 9.17) is 4.42 Å². The van der Waals surface area contributed by atoms with Crippen molar-refractivity contribution in [3.05, 3.63) is 85.2 Å². The van der Waals surface area contributed by atoms with Gasteiger partial charge in [-0.15, -0.1) is 16.8 Å². The van der Waals surface area contributed by atoms with Gasteiger partial charge < -0.3 is 14.3 Å². The number of amides is 1. The van der Waals surface area contributed by atoms with E-state index in [2.05, 4.69) is 27.1 Å². The summed E-state index contributed by atoms with van der Waals surface area (Å²) in [5, 5.41) is 12.2. The van der Waals surface area contributed by atoms with Gasteiger partial charge in [-0.25, -0.2) is 4.98 Å². The minimum Gasteiger partial charge on any atom is -0.461 e. The third-order valence-electron chi connectivity index (χ3n) is 4.66. The average molecular weight is 435 g/mol. The van der Waals surface area contributed by atoms with E-state index in [1.165, 1.54) is 11.8 Å². The number of aryl methyl sites for hydroxylation is 1. The van der Waals surface area contributed by atoms with Gasteiger partial charge >= 0.3 is 0 Å². The first kappa shape index (κ1) is 20.7. The van der Waals surface area contributed by atoms with E-state index in [1.54, 1.807) is 24.6 Å². The first-order valence-electron chi connectivity index (χ1n) is 9.69. The minimum atomic E-state index is -0.348. The lowest BCUT2D eigenvalue weighted by Gasteiger charge is -2.19. The van der Waals surface area contributed by atoms with Crippen molar-refractivity contribution in [3.63, 3.8) is 0 Å². The van der Waals surface area contributed by atoms with E-state index in [1.807, 2.05) is 58.8 Å². The lowest BCUT2D eigenvalue weighted by Crippen LogP contribution is -2.32. The number of hydrogen-bond donors (Lipinski definition) is 1. The van der Waals surface area contributed by atoms with E-state index < -0.39 is 0 Å². The number of carbonyl (C=O) groups is 1. The Bertz CT molecular complexity index is 1150. The van der Waals surface area contributed by atoms with Gasteiger partial charge in [0.2, 0.25) is 11.7 Å². The highest BCUT2D eigenvalue weighted by atomic mass is 32.2. The smallest absolute Gasteiger partial charge is 0.231 e. The summed E-state index contributed by atoms with van der Waals surface area (Å²) in [6, 6.07) is 13.1. The third-order valence-corrected chi connectivity index (χ3v) is 5.62. The minimum absolute atomic E-state index is 0.130. The van der Waals surface area contributed by atoms with Crippen molar-refractivity contribution in [1.29, 1.82) is 0 Å². The van der Waals surface area contributed by atoms with Crippen LogP contribution in [0.1, 0.15) is 17.4 Å². The summed E-state index contributed by atoms with van der Waals surface area (Å²) < 4.78 is 9.22. The fourth-order valence-electron chi connectivity index (χ4n) is 3.21. The van der Waals surface area contributed by atoms with E-state index in [0.717, 1.165) is 11.4 Å². The lowest BCUT2D eigenvalue weighted by atomic mass is 10.1. The van der Waals surface area contributed by atoms with Gasteiger partial charge in [0.1, 0.15) is 11.9 Å². The quantitative estimate of drug-likeness (QED) is 0.320. The number of aromatic nitrogens is 5. The van der Waals surface area contributed by atoms with Gasteiger partial charge in [-0.05, 0) is 17.7 Å². The number of nitrogens with one attached hydrogen (secondary N) is 1. The van der Waals surface area contributed by atoms with E-state index in [9.17, 15) is 4.79 Å². The first-order valence-corrected chi connectivity index (χ1v) is 10.7. The zero-order chi connectivity index (χ0) is 21.6. The second kappa shape index (κ2) is 9.48. The normalized spacial score (nSPS) is 11.9. The summed E-state index contributed by atoms with van der Waals surface area (Å²) in [7, 11) is 1.91. The van der Waals surface area contributed by atoms with Gasteiger partial charge in [0.25, 0.3) is 0 Å². The van der Waals surface area contributed by atoms with Crippen LogP contribution in [0.3, 0.4) is 0 Å². The highest BCUT2D eigenvalue weighted by Gasteiger charge is 2.22. The van der Waals surface area contributed by atoms with Crippen LogP contribution in [-0.4, -0.2) is 36.0 Å². The van der Waals surface area contributed by atoms with Crippen LogP contribution in [0.25, 0.3) is 11.6 Å². The van der Waals surface area contributed by atoms with Gasteiger partial charge in [0, 0.05) is 26.0 Å². The largest absolute Gasteiger partial charge is 0.461 e. The molecule has 3 heterocycles. The first-order chi connectivity index (χ1) is 15.2. The van der Waals surface area contributed by atoms with Crippen LogP contribution in [0, 0.1) is 0 Å². The van der Waals surface area contributed by atoms with Crippen LogP contribution < -0.4 is 5.32 Å². The second-order valence-corrected chi connectivity index (χ2v) is 7.72. The molecule has 9 heteroatoms. The Morgan fingerprint density at radius 2 is 2.10 bits per heavy atom. The van der Waals surface area contributed by atoms with Gasteiger partial charge in [-0.3, -0.25) is 9.36 Å². The van der Waals surface area contributed by atoms with Crippen LogP contribution in [0.4, 0.5) is 0 Å². The molecule has 1 aromatic carbocycles. The molecule has 0 aliphatic heterocycles. The zero-order valence-corrected chi connectivity index (χ0v) is 17.8. The molecular weight excluding hydrogens is 412 g/mol. The number of carbonyl (C=O) groups excluding carboxylic acids is 1. The maximum Gasteiger partial charge on any atom is 0.231 e. The van der Waals surface area contributed by atoms with E-state index >= 15 is 0 Å². The molecule has 8 nitrogen and oxygen atoms in total. The fourth-order valence-corrected chi connectivity index (χ4v) is 3.97. The molecular formula is C22H22N6O2S. The van der Waals surface area contributed by atoms with Gasteiger partial charge in [0.05, 0.1) is 12.0 Å². The standard InChI is InChI=1S/C22H22N6O2S/c1-3-12-28-20(17-10-7-14-30-17)25-26-22(28)31-15-18(29)24-19(16-8-5-4-6-9-16)21-23-11-13-27(21)2/h3-11,13-14,19H,1,12,15H2,2H3,(H,24,29)/t19-/m0/s1. The number of nitrogens with zero attached hydrogens (tertiary/aromatic N) is 5. The van der Waals surface area contributed by atoms with Crippen molar-refractivity contribution in [2.45, 2.75) is 17.7 Å². The monoisotopic (exact) mass is 434 g/mol. The van der Waals surface area contributed by atoms with Crippen molar-refractivity contribution in [2.24, 2.45) is 7.05 Å². The highest BCUT2D eigenvalue weighted by molar-refractivity contribution is 7.99. The molecule has 3 aromatic heterocycles. The summed E-state index contributed by atoms with van der Waals surface area (Å²) >= 11 is 1.31. The van der Waals surface area contributed by atoms with Crippen molar-refractivity contribution in [2.75, 3.05) is 5.75 Å². The summed E-state index contributed by atoms with van der Waals surface area (Å²) in [5.41, 5.74) is 0.963. The molecule has 31 heavy (non-hydrogen) atoms. The second-order valence-electron chi connectivity index (χ2n) is 6.78. The van der Waals surface area contributed by atoms with Crippen molar-refractivity contribution in [1.82, 2.24) is 29.6 Å². The molecule has 0 fully saturated rings. The summed E-state index contributed by atoms with van der Waals surface area (Å²) in [6.07, 6.45) is 6.93. The van der Waals surface area contributed by atoms with Crippen molar-refractivity contribution in [3.8, 4) is 11.6 Å². The number of benzene rings is 1. The average Bonchev–Trinajstić information content (AvgIpc) is 3.53. The van der Waals surface area contributed by atoms with Crippen LogP contribution in [-0.2, 0) is 18.4 Å². The Kier molecular flexibility index (Phi) is 6.32. The third kappa shape index (κ3) is 4.61. The SMILES string of the molecule is C=CCn1c(SCC(=O)N[C@@H](c2ccccc2)c2nccn2C)nnc1-c1ccco1. The van der Waals surface area contributed by atoms with E-state index in [0.29, 0.717) is 23.3 Å². The number of imidazole rings is 1. The van der Waals surface area contributed by atoms with Crippen LogP contribution in [0.15, 0.2) is 83.3 Å². The Balaban J connectivity index is 1.49. The molecule has 4 rings (SSSR count). The highest BCUT2D eigenvalue weighted by Crippen LogP contribution is 2.25. The number of furan rings is 1.